The van der Waals surface area contributed by atoms with Crippen LogP contribution in [-0.2, 0) is 14.2 Å². The van der Waals surface area contributed by atoms with Crippen molar-refractivity contribution in [1.82, 2.24) is 5.06 Å². The van der Waals surface area contributed by atoms with E-state index in [-0.39, 0.29) is 5.06 Å². The van der Waals surface area contributed by atoms with Gasteiger partial charge in [0, 0.05) is 6.42 Å². The number of aliphatic carboxylic acids is 2. The van der Waals surface area contributed by atoms with Crippen LogP contribution in [0.4, 0.5) is 0 Å². The summed E-state index contributed by atoms with van der Waals surface area (Å²) in [4.78, 5) is 38.9. The van der Waals surface area contributed by atoms with Gasteiger partial charge in [-0.3, -0.25) is 14.2 Å². The van der Waals surface area contributed by atoms with Crippen molar-refractivity contribution in [3.8, 4) is 0 Å². The Bertz CT molecular complexity index is 377. The van der Waals surface area contributed by atoms with Gasteiger partial charge < -0.3 is 25.2 Å². The molecule has 10 heteroatoms. The van der Waals surface area contributed by atoms with Crippen molar-refractivity contribution in [2.24, 2.45) is 0 Å². The van der Waals surface area contributed by atoms with Crippen LogP contribution in [0.15, 0.2) is 12.7 Å². The summed E-state index contributed by atoms with van der Waals surface area (Å²) in [6.07, 6.45) is -0.387. The van der Waals surface area contributed by atoms with Crippen molar-refractivity contribution in [2.75, 3.05) is 0 Å². The maximum Gasteiger partial charge on any atom is 0.348 e. The smallest absolute Gasteiger partial charge is 0.348 e. The van der Waals surface area contributed by atoms with E-state index in [9.17, 15) is 19.4 Å². The number of carboxylic acids is 2. The zero-order chi connectivity index (χ0) is 14.5. The van der Waals surface area contributed by atoms with Crippen LogP contribution in [0.3, 0.4) is 0 Å². The lowest BCUT2D eigenvalue weighted by atomic mass is 10.1. The van der Waals surface area contributed by atoms with Crippen LogP contribution < -0.4 is 0 Å². The fourth-order valence-electron chi connectivity index (χ4n) is 1.21. The van der Waals surface area contributed by atoms with Crippen LogP contribution in [0.2, 0.25) is 0 Å². The molecule has 0 saturated heterocycles. The topological polar surface area (TPSA) is 156 Å². The number of hydrogen-bond donors (Lipinski definition) is 5. The zero-order valence-electron chi connectivity index (χ0n) is 9.21. The molecular formula is C8H14NO8P. The highest BCUT2D eigenvalue weighted by Gasteiger charge is 2.38. The molecule has 0 fully saturated rings. The highest BCUT2D eigenvalue weighted by molar-refractivity contribution is 7.52. The van der Waals surface area contributed by atoms with E-state index in [1.165, 1.54) is 0 Å². The first-order valence-electron chi connectivity index (χ1n) is 4.70. The SMILES string of the molecule is C=CC(N(O)[C@@H](CCC(=O)O)C(=O)O)P(=O)(O)O. The number of hydroxylamine groups is 2. The first kappa shape index (κ1) is 16.8. The van der Waals surface area contributed by atoms with Crippen molar-refractivity contribution in [3.63, 3.8) is 0 Å². The monoisotopic (exact) mass is 283 g/mol. The van der Waals surface area contributed by atoms with Gasteiger partial charge in [0.15, 0.2) is 5.78 Å². The molecule has 0 radical (unpaired) electrons. The molecule has 0 bridgehead atoms. The second kappa shape index (κ2) is 6.62. The van der Waals surface area contributed by atoms with Gasteiger partial charge in [0.2, 0.25) is 0 Å². The first-order valence-corrected chi connectivity index (χ1v) is 6.39. The van der Waals surface area contributed by atoms with Crippen LogP contribution in [0.1, 0.15) is 12.8 Å². The second-order valence-corrected chi connectivity index (χ2v) is 5.11. The molecule has 0 aromatic heterocycles. The van der Waals surface area contributed by atoms with Gasteiger partial charge in [0.05, 0.1) is 0 Å². The lowest BCUT2D eigenvalue weighted by Crippen LogP contribution is -2.44. The minimum Gasteiger partial charge on any atom is -0.481 e. The molecule has 0 spiro atoms. The van der Waals surface area contributed by atoms with Crippen molar-refractivity contribution < 1.29 is 39.4 Å². The lowest BCUT2D eigenvalue weighted by Gasteiger charge is -2.28. The second-order valence-electron chi connectivity index (χ2n) is 3.40. The van der Waals surface area contributed by atoms with E-state index < -0.39 is 44.2 Å². The Hall–Kier alpha value is -1.25. The van der Waals surface area contributed by atoms with Gasteiger partial charge in [-0.05, 0) is 6.42 Å². The third kappa shape index (κ3) is 4.94. The van der Waals surface area contributed by atoms with E-state index in [1.807, 2.05) is 0 Å². The molecule has 104 valence electrons. The molecule has 0 amide bonds. The Kier molecular flexibility index (Phi) is 6.16. The summed E-state index contributed by atoms with van der Waals surface area (Å²) in [5.41, 5.74) is 0. The van der Waals surface area contributed by atoms with Crippen molar-refractivity contribution >= 4 is 19.5 Å². The summed E-state index contributed by atoms with van der Waals surface area (Å²) in [7, 11) is -4.83. The fourth-order valence-corrected chi connectivity index (χ4v) is 1.96. The average Bonchev–Trinajstić information content (AvgIpc) is 2.15. The van der Waals surface area contributed by atoms with Crippen molar-refractivity contribution in [2.45, 2.75) is 24.7 Å². The van der Waals surface area contributed by atoms with Crippen molar-refractivity contribution in [1.29, 1.82) is 0 Å². The van der Waals surface area contributed by atoms with Crippen LogP contribution >= 0.6 is 7.60 Å². The summed E-state index contributed by atoms with van der Waals surface area (Å²) in [5, 5.41) is 26.6. The van der Waals surface area contributed by atoms with E-state index in [1.54, 1.807) is 0 Å². The van der Waals surface area contributed by atoms with Crippen LogP contribution in [0.25, 0.3) is 0 Å². The van der Waals surface area contributed by atoms with Gasteiger partial charge in [-0.1, -0.05) is 6.08 Å². The number of nitrogens with zero attached hydrogens (tertiary/aromatic N) is 1. The summed E-state index contributed by atoms with van der Waals surface area (Å²) in [6, 6.07) is -1.75. The van der Waals surface area contributed by atoms with E-state index in [2.05, 4.69) is 6.58 Å². The molecule has 0 saturated carbocycles. The molecule has 0 aliphatic carbocycles. The molecule has 0 aliphatic heterocycles. The maximum atomic E-state index is 11.0. The largest absolute Gasteiger partial charge is 0.481 e. The molecule has 0 aliphatic rings. The molecule has 0 heterocycles. The molecule has 18 heavy (non-hydrogen) atoms. The molecule has 0 aromatic rings. The minimum atomic E-state index is -4.83. The average molecular weight is 283 g/mol. The van der Waals surface area contributed by atoms with E-state index in [4.69, 9.17) is 20.0 Å². The van der Waals surface area contributed by atoms with Gasteiger partial charge >= 0.3 is 19.5 Å². The molecule has 5 N–H and O–H groups in total. The Labute approximate surface area is 102 Å². The Balaban J connectivity index is 5.00. The van der Waals surface area contributed by atoms with Crippen molar-refractivity contribution in [3.05, 3.63) is 12.7 Å². The van der Waals surface area contributed by atoms with E-state index in [0.717, 1.165) is 0 Å². The molecule has 2 atom stereocenters. The highest BCUT2D eigenvalue weighted by atomic mass is 31.2. The van der Waals surface area contributed by atoms with E-state index in [0.29, 0.717) is 6.08 Å². The van der Waals surface area contributed by atoms with Crippen LogP contribution in [-0.4, -0.2) is 54.0 Å². The first-order chi connectivity index (χ1) is 8.11. The van der Waals surface area contributed by atoms with Gasteiger partial charge in [0.1, 0.15) is 6.04 Å². The minimum absolute atomic E-state index is 0.0843. The normalized spacial score (nSPS) is 15.1. The quantitative estimate of drug-likeness (QED) is 0.229. The molecule has 0 rings (SSSR count). The predicted molar refractivity (Wildman–Crippen MR) is 57.9 cm³/mol. The fraction of sp³-hybridized carbons (Fsp3) is 0.500. The molecule has 1 unspecified atom stereocenters. The van der Waals surface area contributed by atoms with Gasteiger partial charge in [-0.15, -0.1) is 6.58 Å². The highest BCUT2D eigenvalue weighted by Crippen LogP contribution is 2.43. The summed E-state index contributed by atoms with van der Waals surface area (Å²) in [6.45, 7) is 3.08. The third-order valence-corrected chi connectivity index (χ3v) is 3.20. The number of carbonyl (C=O) groups is 2. The molecule has 0 aromatic carbocycles. The lowest BCUT2D eigenvalue weighted by molar-refractivity contribution is -0.173. The Morgan fingerprint density at radius 3 is 2.11 bits per heavy atom. The van der Waals surface area contributed by atoms with Gasteiger partial charge in [-0.2, -0.15) is 5.06 Å². The Morgan fingerprint density at radius 1 is 1.33 bits per heavy atom. The molecule has 9 nitrogen and oxygen atoms in total. The molecular weight excluding hydrogens is 269 g/mol. The summed E-state index contributed by atoms with van der Waals surface area (Å²) >= 11 is 0. The standard InChI is InChI=1S/C8H14NO8P/c1-2-6(18(15,16)17)9(14)5(8(12)13)3-4-7(10)11/h2,5-6,14H,1,3-4H2,(H,10,11)(H,12,13)(H2,15,16,17)/t5-,6?/m0/s1. The van der Waals surface area contributed by atoms with Gasteiger partial charge in [0.25, 0.3) is 0 Å². The predicted octanol–water partition coefficient (Wildman–Crippen LogP) is -0.315. The maximum absolute atomic E-state index is 11.0. The zero-order valence-corrected chi connectivity index (χ0v) is 10.1. The van der Waals surface area contributed by atoms with E-state index >= 15 is 0 Å². The number of carboxylic acid groups (broad SMARTS) is 2. The van der Waals surface area contributed by atoms with Gasteiger partial charge in [-0.25, -0.2) is 0 Å². The Morgan fingerprint density at radius 2 is 1.83 bits per heavy atom. The number of rotatable bonds is 8. The van der Waals surface area contributed by atoms with Crippen LogP contribution in [0, 0.1) is 0 Å². The summed E-state index contributed by atoms with van der Waals surface area (Å²) < 4.78 is 11.0. The van der Waals surface area contributed by atoms with Crippen LogP contribution in [0.5, 0.6) is 0 Å². The third-order valence-electron chi connectivity index (χ3n) is 2.06. The summed E-state index contributed by atoms with van der Waals surface area (Å²) in [5.74, 6) is -4.80. The number of hydrogen-bond acceptors (Lipinski definition) is 5.